The van der Waals surface area contributed by atoms with Crippen molar-refractivity contribution in [1.82, 2.24) is 10.2 Å². The molecule has 0 aromatic heterocycles. The number of ketones is 1. The van der Waals surface area contributed by atoms with E-state index in [1.54, 1.807) is 62.4 Å². The standard InChI is InChI=1S/C42H53ClN2O4/c1-4-5-6-7-8-9-10-11-12-13-14-15-16-17-18-19-20-23-39(46)45-32-21-22-37(45)33-44-41(48)42(2,3)49-38-30-26-35(27-31-38)40(47)34-24-28-36(43)29-25-34/h5-6,8-9,11-12,14-15,17-18,24-31,37H,4,7,10,13,16,19-23,32-33H2,1-3H3,(H,44,48). The van der Waals surface area contributed by atoms with Crippen LogP contribution in [0, 0.1) is 0 Å². The first-order valence-corrected chi connectivity index (χ1v) is 18.0. The Morgan fingerprint density at radius 3 is 1.92 bits per heavy atom. The molecule has 0 aliphatic carbocycles. The van der Waals surface area contributed by atoms with Crippen LogP contribution in [0.4, 0.5) is 0 Å². The zero-order valence-corrected chi connectivity index (χ0v) is 30.2. The van der Waals surface area contributed by atoms with Crippen LogP contribution in [0.5, 0.6) is 5.75 Å². The molecule has 2 aromatic carbocycles. The molecule has 1 aliphatic rings. The van der Waals surface area contributed by atoms with Gasteiger partial charge in [-0.25, -0.2) is 0 Å². The Bertz CT molecular complexity index is 1470. The summed E-state index contributed by atoms with van der Waals surface area (Å²) >= 11 is 5.93. The average molecular weight is 685 g/mol. The maximum absolute atomic E-state index is 13.1. The molecule has 0 saturated carbocycles. The number of carbonyl (C=O) groups excluding carboxylic acids is 3. The van der Waals surface area contributed by atoms with Gasteiger partial charge >= 0.3 is 0 Å². The number of hydrogen-bond acceptors (Lipinski definition) is 4. The van der Waals surface area contributed by atoms with Crippen LogP contribution in [-0.4, -0.2) is 47.2 Å². The number of nitrogens with zero attached hydrogens (tertiary/aromatic N) is 1. The van der Waals surface area contributed by atoms with E-state index >= 15 is 0 Å². The van der Waals surface area contributed by atoms with Crippen molar-refractivity contribution in [2.45, 2.75) is 96.6 Å². The molecule has 0 bridgehead atoms. The molecule has 0 radical (unpaired) electrons. The minimum Gasteiger partial charge on any atom is -0.478 e. The van der Waals surface area contributed by atoms with Crippen molar-refractivity contribution in [2.75, 3.05) is 13.1 Å². The first-order valence-electron chi connectivity index (χ1n) is 17.6. The van der Waals surface area contributed by atoms with E-state index in [0.29, 0.717) is 34.9 Å². The first-order chi connectivity index (χ1) is 23.7. The summed E-state index contributed by atoms with van der Waals surface area (Å²) < 4.78 is 6.01. The van der Waals surface area contributed by atoms with Gasteiger partial charge in [-0.2, -0.15) is 0 Å². The van der Waals surface area contributed by atoms with Crippen LogP contribution in [0.2, 0.25) is 5.02 Å². The third-order valence-corrected chi connectivity index (χ3v) is 8.51. The third-order valence-electron chi connectivity index (χ3n) is 8.26. The van der Waals surface area contributed by atoms with Gasteiger partial charge in [0.15, 0.2) is 11.4 Å². The zero-order chi connectivity index (χ0) is 35.3. The number of amides is 2. The molecule has 6 nitrogen and oxygen atoms in total. The first kappa shape index (κ1) is 39.3. The lowest BCUT2D eigenvalue weighted by atomic mass is 10.0. The molecule has 1 atom stereocenters. The monoisotopic (exact) mass is 684 g/mol. The smallest absolute Gasteiger partial charge is 0.263 e. The predicted molar refractivity (Wildman–Crippen MR) is 202 cm³/mol. The number of likely N-dealkylation sites (tertiary alicyclic amines) is 1. The fourth-order valence-electron chi connectivity index (χ4n) is 5.47. The Kier molecular flexibility index (Phi) is 17.4. The highest BCUT2D eigenvalue weighted by Crippen LogP contribution is 2.23. The van der Waals surface area contributed by atoms with Crippen LogP contribution in [-0.2, 0) is 9.59 Å². The zero-order valence-electron chi connectivity index (χ0n) is 29.4. The van der Waals surface area contributed by atoms with Crippen molar-refractivity contribution >= 4 is 29.2 Å². The number of nitrogens with one attached hydrogen (secondary N) is 1. The van der Waals surface area contributed by atoms with Crippen molar-refractivity contribution in [3.05, 3.63) is 125 Å². The van der Waals surface area contributed by atoms with E-state index in [0.717, 1.165) is 64.3 Å². The Balaban J connectivity index is 1.32. The number of halogens is 1. The van der Waals surface area contributed by atoms with Crippen LogP contribution in [0.1, 0.15) is 101 Å². The molecular weight excluding hydrogens is 632 g/mol. The molecule has 2 amide bonds. The molecule has 2 aromatic rings. The van der Waals surface area contributed by atoms with Gasteiger partial charge < -0.3 is 15.0 Å². The van der Waals surface area contributed by atoms with Crippen LogP contribution in [0.15, 0.2) is 109 Å². The van der Waals surface area contributed by atoms with Gasteiger partial charge in [0.05, 0.1) is 0 Å². The summed E-state index contributed by atoms with van der Waals surface area (Å²) in [7, 11) is 0. The van der Waals surface area contributed by atoms with Gasteiger partial charge in [0.2, 0.25) is 5.91 Å². The highest BCUT2D eigenvalue weighted by Gasteiger charge is 2.33. The Morgan fingerprint density at radius 2 is 1.35 bits per heavy atom. The van der Waals surface area contributed by atoms with Gasteiger partial charge in [0.25, 0.3) is 5.91 Å². The van der Waals surface area contributed by atoms with Gasteiger partial charge in [-0.05, 0) is 120 Å². The molecular formula is C42H53ClN2O4. The molecule has 1 fully saturated rings. The van der Waals surface area contributed by atoms with E-state index in [9.17, 15) is 14.4 Å². The SMILES string of the molecule is CCC=CCC=CCC=CCC=CCC=CCCCC(=O)N1CCCC1CNC(=O)C(C)(C)Oc1ccc(C(=O)c2ccc(Cl)cc2)cc1. The summed E-state index contributed by atoms with van der Waals surface area (Å²) in [6, 6.07) is 13.5. The van der Waals surface area contributed by atoms with Crippen LogP contribution >= 0.6 is 11.6 Å². The van der Waals surface area contributed by atoms with E-state index in [4.69, 9.17) is 16.3 Å². The lowest BCUT2D eigenvalue weighted by Gasteiger charge is -2.29. The molecule has 1 aliphatic heterocycles. The van der Waals surface area contributed by atoms with E-state index in [2.05, 4.69) is 73.0 Å². The molecule has 1 unspecified atom stereocenters. The van der Waals surface area contributed by atoms with E-state index in [1.807, 2.05) is 4.90 Å². The summed E-state index contributed by atoms with van der Waals surface area (Å²) in [5.74, 6) is 0.252. The molecule has 1 saturated heterocycles. The van der Waals surface area contributed by atoms with Crippen LogP contribution < -0.4 is 10.1 Å². The summed E-state index contributed by atoms with van der Waals surface area (Å²) in [4.78, 5) is 40.8. The second kappa shape index (κ2) is 21.7. The Morgan fingerprint density at radius 1 is 0.816 bits per heavy atom. The number of carbonyl (C=O) groups is 3. The maximum Gasteiger partial charge on any atom is 0.263 e. The van der Waals surface area contributed by atoms with E-state index < -0.39 is 5.60 Å². The number of hydrogen-bond donors (Lipinski definition) is 1. The summed E-state index contributed by atoms with van der Waals surface area (Å²) in [6.07, 6.45) is 30.7. The Labute approximate surface area is 298 Å². The summed E-state index contributed by atoms with van der Waals surface area (Å²) in [5, 5.41) is 3.57. The van der Waals surface area contributed by atoms with Gasteiger partial charge in [0.1, 0.15) is 5.75 Å². The average Bonchev–Trinajstić information content (AvgIpc) is 3.57. The van der Waals surface area contributed by atoms with Crippen molar-refractivity contribution in [3.63, 3.8) is 0 Å². The topological polar surface area (TPSA) is 75.7 Å². The molecule has 49 heavy (non-hydrogen) atoms. The number of unbranched alkanes of at least 4 members (excludes halogenated alkanes) is 1. The molecule has 1 N–H and O–H groups in total. The predicted octanol–water partition coefficient (Wildman–Crippen LogP) is 9.76. The second-order valence-electron chi connectivity index (χ2n) is 12.7. The second-order valence-corrected chi connectivity index (χ2v) is 13.1. The lowest BCUT2D eigenvalue weighted by Crippen LogP contribution is -2.50. The normalized spacial score (nSPS) is 15.4. The lowest BCUT2D eigenvalue weighted by molar-refractivity contribution is -0.136. The Hall–Kier alpha value is -4.16. The van der Waals surface area contributed by atoms with E-state index in [1.165, 1.54) is 0 Å². The van der Waals surface area contributed by atoms with Crippen molar-refractivity contribution < 1.29 is 19.1 Å². The third kappa shape index (κ3) is 14.5. The minimum atomic E-state index is -1.14. The van der Waals surface area contributed by atoms with Gasteiger partial charge in [-0.15, -0.1) is 0 Å². The van der Waals surface area contributed by atoms with Crippen LogP contribution in [0.25, 0.3) is 0 Å². The molecule has 7 heteroatoms. The number of allylic oxidation sites excluding steroid dienone is 10. The minimum absolute atomic E-state index is 0.0147. The van der Waals surface area contributed by atoms with Crippen molar-refractivity contribution in [3.8, 4) is 5.75 Å². The van der Waals surface area contributed by atoms with E-state index in [-0.39, 0.29) is 23.6 Å². The molecule has 0 spiro atoms. The van der Waals surface area contributed by atoms with Gasteiger partial charge in [0, 0.05) is 41.7 Å². The molecule has 3 rings (SSSR count). The highest BCUT2D eigenvalue weighted by atomic mass is 35.5. The van der Waals surface area contributed by atoms with Crippen molar-refractivity contribution in [2.24, 2.45) is 0 Å². The van der Waals surface area contributed by atoms with Crippen molar-refractivity contribution in [1.29, 1.82) is 0 Å². The highest BCUT2D eigenvalue weighted by molar-refractivity contribution is 6.30. The van der Waals surface area contributed by atoms with Gasteiger partial charge in [-0.1, -0.05) is 79.3 Å². The largest absolute Gasteiger partial charge is 0.478 e. The summed E-state index contributed by atoms with van der Waals surface area (Å²) in [5.41, 5.74) is -0.0839. The molecule has 262 valence electrons. The fraction of sp³-hybridized carbons (Fsp3) is 0.405. The quantitative estimate of drug-likeness (QED) is 0.0856. The molecule has 1 heterocycles. The fourth-order valence-corrected chi connectivity index (χ4v) is 5.59. The van der Waals surface area contributed by atoms with Gasteiger partial charge in [-0.3, -0.25) is 14.4 Å². The number of rotatable bonds is 20. The maximum atomic E-state index is 13.1. The number of ether oxygens (including phenoxy) is 1. The summed E-state index contributed by atoms with van der Waals surface area (Å²) in [6.45, 7) is 6.68. The van der Waals surface area contributed by atoms with Crippen LogP contribution in [0.3, 0.4) is 0 Å². The number of benzene rings is 2.